The third-order valence-corrected chi connectivity index (χ3v) is 1.94. The molecule has 0 aliphatic rings. The lowest BCUT2D eigenvalue weighted by Gasteiger charge is -2.00. The zero-order valence-corrected chi connectivity index (χ0v) is 9.41. The lowest BCUT2D eigenvalue weighted by atomic mass is 10.1. The third kappa shape index (κ3) is 3.98. The van der Waals surface area contributed by atoms with Crippen LogP contribution < -0.4 is 0 Å². The van der Waals surface area contributed by atoms with Gasteiger partial charge in [-0.3, -0.25) is 0 Å². The smallest absolute Gasteiger partial charge is 0.330 e. The average molecular weight is 204 g/mol. The Hall–Kier alpha value is -1.57. The number of hydrogen-bond donors (Lipinski definition) is 0. The summed E-state index contributed by atoms with van der Waals surface area (Å²) in [5, 5.41) is 0. The summed E-state index contributed by atoms with van der Waals surface area (Å²) in [6.45, 7) is 6.28. The van der Waals surface area contributed by atoms with E-state index in [2.05, 4.69) is 6.07 Å². The lowest BCUT2D eigenvalue weighted by molar-refractivity contribution is -0.137. The van der Waals surface area contributed by atoms with Gasteiger partial charge in [-0.2, -0.15) is 0 Å². The Balaban J connectivity index is 2.76. The first kappa shape index (κ1) is 11.5. The molecule has 0 atom stereocenters. The molecule has 0 saturated heterocycles. The summed E-state index contributed by atoms with van der Waals surface area (Å²) >= 11 is 0. The summed E-state index contributed by atoms with van der Waals surface area (Å²) in [5.41, 5.74) is 3.41. The number of ether oxygens (including phenoxy) is 1. The fraction of sp³-hybridized carbons (Fsp3) is 0.308. The molecule has 15 heavy (non-hydrogen) atoms. The molecule has 0 fully saturated rings. The summed E-state index contributed by atoms with van der Waals surface area (Å²) < 4.78 is 4.80. The van der Waals surface area contributed by atoms with Gasteiger partial charge in [-0.25, -0.2) is 4.79 Å². The van der Waals surface area contributed by atoms with Gasteiger partial charge in [-0.15, -0.1) is 0 Å². The first-order valence-electron chi connectivity index (χ1n) is 5.05. The molecule has 0 N–H and O–H groups in total. The van der Waals surface area contributed by atoms with Crippen molar-refractivity contribution in [3.8, 4) is 0 Å². The maximum absolute atomic E-state index is 11.1. The molecule has 1 aromatic rings. The van der Waals surface area contributed by atoms with Crippen LogP contribution in [0.1, 0.15) is 23.6 Å². The summed E-state index contributed by atoms with van der Waals surface area (Å²) in [7, 11) is 0. The van der Waals surface area contributed by atoms with Crippen molar-refractivity contribution in [1.82, 2.24) is 0 Å². The second kappa shape index (κ2) is 5.35. The van der Waals surface area contributed by atoms with Gasteiger partial charge in [0.05, 0.1) is 6.61 Å². The van der Waals surface area contributed by atoms with Crippen LogP contribution in [0.25, 0.3) is 6.08 Å². The standard InChI is InChI=1S/C13H16O2/c1-4-15-13(14)6-5-12-8-10(2)7-11(3)9-12/h5-9H,4H2,1-3H3. The van der Waals surface area contributed by atoms with Crippen LogP contribution >= 0.6 is 0 Å². The van der Waals surface area contributed by atoms with E-state index in [1.165, 1.54) is 17.2 Å². The predicted molar refractivity (Wildman–Crippen MR) is 61.6 cm³/mol. The number of aryl methyl sites for hydroxylation is 2. The minimum absolute atomic E-state index is 0.295. The van der Waals surface area contributed by atoms with Crippen LogP contribution in [0.15, 0.2) is 24.3 Å². The highest BCUT2D eigenvalue weighted by Crippen LogP contribution is 2.10. The quantitative estimate of drug-likeness (QED) is 0.559. The van der Waals surface area contributed by atoms with Gasteiger partial charge in [0.2, 0.25) is 0 Å². The Labute approximate surface area is 90.6 Å². The van der Waals surface area contributed by atoms with Gasteiger partial charge in [0.25, 0.3) is 0 Å². The van der Waals surface area contributed by atoms with E-state index in [1.807, 2.05) is 26.0 Å². The van der Waals surface area contributed by atoms with Gasteiger partial charge in [-0.1, -0.05) is 29.3 Å². The number of hydrogen-bond acceptors (Lipinski definition) is 2. The van der Waals surface area contributed by atoms with Gasteiger partial charge in [0, 0.05) is 6.08 Å². The van der Waals surface area contributed by atoms with E-state index >= 15 is 0 Å². The Morgan fingerprint density at radius 3 is 2.40 bits per heavy atom. The Bertz CT molecular complexity index is 358. The summed E-state index contributed by atoms with van der Waals surface area (Å²) in [5.74, 6) is -0.295. The van der Waals surface area contributed by atoms with Gasteiger partial charge >= 0.3 is 5.97 Å². The Morgan fingerprint density at radius 2 is 1.87 bits per heavy atom. The Morgan fingerprint density at radius 1 is 1.27 bits per heavy atom. The van der Waals surface area contributed by atoms with Crippen molar-refractivity contribution in [3.63, 3.8) is 0 Å². The molecule has 80 valence electrons. The molecule has 0 unspecified atom stereocenters. The molecule has 0 heterocycles. The van der Waals surface area contributed by atoms with Gasteiger partial charge in [0.15, 0.2) is 0 Å². The van der Waals surface area contributed by atoms with Gasteiger partial charge in [-0.05, 0) is 32.4 Å². The van der Waals surface area contributed by atoms with E-state index in [-0.39, 0.29) is 5.97 Å². The molecule has 0 aromatic heterocycles. The maximum Gasteiger partial charge on any atom is 0.330 e. The maximum atomic E-state index is 11.1. The topological polar surface area (TPSA) is 26.3 Å². The van der Waals surface area contributed by atoms with Crippen LogP contribution in [0, 0.1) is 13.8 Å². The van der Waals surface area contributed by atoms with Crippen molar-refractivity contribution in [1.29, 1.82) is 0 Å². The molecular formula is C13H16O2. The van der Waals surface area contributed by atoms with Gasteiger partial charge in [0.1, 0.15) is 0 Å². The van der Waals surface area contributed by atoms with Gasteiger partial charge < -0.3 is 4.74 Å². The zero-order chi connectivity index (χ0) is 11.3. The first-order chi connectivity index (χ1) is 7.11. The monoisotopic (exact) mass is 204 g/mol. The highest BCUT2D eigenvalue weighted by atomic mass is 16.5. The largest absolute Gasteiger partial charge is 0.463 e. The molecule has 0 aliphatic heterocycles. The van der Waals surface area contributed by atoms with Crippen molar-refractivity contribution >= 4 is 12.0 Å². The van der Waals surface area contributed by atoms with Crippen LogP contribution in [-0.4, -0.2) is 12.6 Å². The molecule has 2 nitrogen and oxygen atoms in total. The molecule has 0 radical (unpaired) electrons. The van der Waals surface area contributed by atoms with E-state index < -0.39 is 0 Å². The number of carbonyl (C=O) groups is 1. The normalized spacial score (nSPS) is 10.6. The predicted octanol–water partition coefficient (Wildman–Crippen LogP) is 2.88. The zero-order valence-electron chi connectivity index (χ0n) is 9.41. The molecular weight excluding hydrogens is 188 g/mol. The van der Waals surface area contributed by atoms with E-state index in [0.717, 1.165) is 5.56 Å². The molecule has 1 rings (SSSR count). The van der Waals surface area contributed by atoms with E-state index in [0.29, 0.717) is 6.61 Å². The lowest BCUT2D eigenvalue weighted by Crippen LogP contribution is -1.98. The van der Waals surface area contributed by atoms with E-state index in [9.17, 15) is 4.79 Å². The van der Waals surface area contributed by atoms with Crippen LogP contribution in [-0.2, 0) is 9.53 Å². The van der Waals surface area contributed by atoms with Crippen LogP contribution in [0.4, 0.5) is 0 Å². The SMILES string of the molecule is CCOC(=O)C=Cc1cc(C)cc(C)c1. The number of esters is 1. The number of benzene rings is 1. The minimum Gasteiger partial charge on any atom is -0.463 e. The number of rotatable bonds is 3. The van der Waals surface area contributed by atoms with E-state index in [1.54, 1.807) is 13.0 Å². The Kier molecular flexibility index (Phi) is 4.10. The molecule has 0 saturated carbocycles. The second-order valence-electron chi connectivity index (χ2n) is 3.51. The summed E-state index contributed by atoms with van der Waals surface area (Å²) in [6, 6.07) is 6.16. The molecule has 0 bridgehead atoms. The average Bonchev–Trinajstić information content (AvgIpc) is 2.14. The fourth-order valence-electron chi connectivity index (χ4n) is 1.46. The second-order valence-corrected chi connectivity index (χ2v) is 3.51. The number of carbonyl (C=O) groups excluding carboxylic acids is 1. The minimum atomic E-state index is -0.295. The van der Waals surface area contributed by atoms with Crippen LogP contribution in [0.5, 0.6) is 0 Å². The fourth-order valence-corrected chi connectivity index (χ4v) is 1.46. The van der Waals surface area contributed by atoms with E-state index in [4.69, 9.17) is 4.74 Å². The molecule has 0 spiro atoms. The highest BCUT2D eigenvalue weighted by molar-refractivity contribution is 5.87. The molecule has 0 amide bonds. The van der Waals surface area contributed by atoms with Crippen molar-refractivity contribution in [2.45, 2.75) is 20.8 Å². The summed E-state index contributed by atoms with van der Waals surface area (Å²) in [4.78, 5) is 11.1. The van der Waals surface area contributed by atoms with Crippen molar-refractivity contribution in [2.75, 3.05) is 6.61 Å². The van der Waals surface area contributed by atoms with Crippen LogP contribution in [0.2, 0.25) is 0 Å². The highest BCUT2D eigenvalue weighted by Gasteiger charge is 1.95. The van der Waals surface area contributed by atoms with Crippen LogP contribution in [0.3, 0.4) is 0 Å². The first-order valence-corrected chi connectivity index (χ1v) is 5.05. The summed E-state index contributed by atoms with van der Waals surface area (Å²) in [6.07, 6.45) is 3.23. The van der Waals surface area contributed by atoms with Crippen molar-refractivity contribution < 1.29 is 9.53 Å². The molecule has 1 aromatic carbocycles. The third-order valence-electron chi connectivity index (χ3n) is 1.94. The van der Waals surface area contributed by atoms with Crippen molar-refractivity contribution in [3.05, 3.63) is 41.0 Å². The molecule has 2 heteroatoms. The van der Waals surface area contributed by atoms with Crippen molar-refractivity contribution in [2.24, 2.45) is 0 Å². The molecule has 0 aliphatic carbocycles.